The predicted molar refractivity (Wildman–Crippen MR) is 111 cm³/mol. The lowest BCUT2D eigenvalue weighted by Crippen LogP contribution is -2.15. The maximum atomic E-state index is 13.0. The summed E-state index contributed by atoms with van der Waals surface area (Å²) in [5.41, 5.74) is 7.30. The molecule has 30 heavy (non-hydrogen) atoms. The van der Waals surface area contributed by atoms with Gasteiger partial charge in [0.25, 0.3) is 0 Å². The van der Waals surface area contributed by atoms with Gasteiger partial charge in [0, 0.05) is 5.56 Å². The van der Waals surface area contributed by atoms with E-state index in [2.05, 4.69) is 5.16 Å². The highest BCUT2D eigenvalue weighted by Crippen LogP contribution is 2.19. The number of rotatable bonds is 8. The molecule has 0 atom stereocenters. The molecule has 6 nitrogen and oxygen atoms in total. The number of ether oxygens (including phenoxy) is 2. The minimum absolute atomic E-state index is 0.0293. The zero-order valence-corrected chi connectivity index (χ0v) is 16.4. The highest BCUT2D eigenvalue weighted by molar-refractivity contribution is 5.98. The molecule has 2 N–H and O–H groups in total. The molecule has 0 aliphatic heterocycles. The molecule has 0 bridgehead atoms. The van der Waals surface area contributed by atoms with E-state index in [0.717, 1.165) is 11.3 Å². The first-order valence-corrected chi connectivity index (χ1v) is 9.30. The Balaban J connectivity index is 1.59. The molecule has 0 spiro atoms. The maximum absolute atomic E-state index is 13.0. The Hall–Kier alpha value is -3.87. The summed E-state index contributed by atoms with van der Waals surface area (Å²) in [5, 5.41) is 3.63. The third-order valence-electron chi connectivity index (χ3n) is 4.07. The largest absolute Gasteiger partial charge is 0.494 e. The van der Waals surface area contributed by atoms with Gasteiger partial charge >= 0.3 is 5.97 Å². The molecule has 0 fully saturated rings. The molecule has 0 radical (unpaired) electrons. The van der Waals surface area contributed by atoms with Crippen LogP contribution in [0.3, 0.4) is 0 Å². The first kappa shape index (κ1) is 20.9. The first-order valence-electron chi connectivity index (χ1n) is 9.30. The van der Waals surface area contributed by atoms with E-state index in [-0.39, 0.29) is 12.4 Å². The van der Waals surface area contributed by atoms with Gasteiger partial charge < -0.3 is 20.0 Å². The monoisotopic (exact) mass is 408 g/mol. The van der Waals surface area contributed by atoms with Crippen LogP contribution in [0.15, 0.2) is 78.0 Å². The van der Waals surface area contributed by atoms with Crippen LogP contribution in [0.2, 0.25) is 0 Å². The Morgan fingerprint density at radius 1 is 0.933 bits per heavy atom. The minimum atomic E-state index is -0.664. The van der Waals surface area contributed by atoms with E-state index >= 15 is 0 Å². The fourth-order valence-corrected chi connectivity index (χ4v) is 2.57. The number of amidine groups is 1. The zero-order chi connectivity index (χ0) is 21.3. The third kappa shape index (κ3) is 5.81. The second kappa shape index (κ2) is 10.1. The molecule has 3 aromatic carbocycles. The summed E-state index contributed by atoms with van der Waals surface area (Å²) in [4.78, 5) is 17.2. The van der Waals surface area contributed by atoms with Crippen molar-refractivity contribution >= 4 is 11.8 Å². The molecular formula is C23H21FN2O4. The van der Waals surface area contributed by atoms with Crippen LogP contribution in [0.1, 0.15) is 28.4 Å². The number of nitrogens with zero attached hydrogens (tertiary/aromatic N) is 1. The van der Waals surface area contributed by atoms with E-state index in [4.69, 9.17) is 20.0 Å². The number of benzene rings is 3. The van der Waals surface area contributed by atoms with Crippen molar-refractivity contribution < 1.29 is 23.5 Å². The average molecular weight is 408 g/mol. The number of halogens is 1. The molecule has 3 aromatic rings. The van der Waals surface area contributed by atoms with Crippen molar-refractivity contribution in [2.24, 2.45) is 10.9 Å². The van der Waals surface area contributed by atoms with Crippen molar-refractivity contribution in [1.29, 1.82) is 0 Å². The summed E-state index contributed by atoms with van der Waals surface area (Å²) in [6.45, 7) is 2.80. The van der Waals surface area contributed by atoms with Crippen LogP contribution in [0, 0.1) is 5.82 Å². The van der Waals surface area contributed by atoms with Gasteiger partial charge in [-0.2, -0.15) is 0 Å². The molecule has 7 heteroatoms. The summed E-state index contributed by atoms with van der Waals surface area (Å²) in [6.07, 6.45) is 0. The molecule has 0 saturated carbocycles. The van der Waals surface area contributed by atoms with E-state index < -0.39 is 11.8 Å². The molecular weight excluding hydrogens is 387 g/mol. The lowest BCUT2D eigenvalue weighted by molar-refractivity contribution is 0.0516. The van der Waals surface area contributed by atoms with Crippen LogP contribution < -0.4 is 15.2 Å². The number of hydrogen-bond acceptors (Lipinski definition) is 5. The smallest absolute Gasteiger partial charge is 0.365 e. The van der Waals surface area contributed by atoms with E-state index in [1.54, 1.807) is 18.2 Å². The zero-order valence-electron chi connectivity index (χ0n) is 16.4. The predicted octanol–water partition coefficient (Wildman–Crippen LogP) is 4.28. The van der Waals surface area contributed by atoms with Crippen molar-refractivity contribution in [2.45, 2.75) is 13.5 Å². The Morgan fingerprint density at radius 3 is 2.27 bits per heavy atom. The molecule has 0 heterocycles. The molecule has 154 valence electrons. The third-order valence-corrected chi connectivity index (χ3v) is 4.07. The van der Waals surface area contributed by atoms with Gasteiger partial charge in [-0.05, 0) is 73.2 Å². The van der Waals surface area contributed by atoms with Crippen molar-refractivity contribution in [3.63, 3.8) is 0 Å². The van der Waals surface area contributed by atoms with Crippen LogP contribution in [-0.2, 0) is 11.4 Å². The maximum Gasteiger partial charge on any atom is 0.365 e. The van der Waals surface area contributed by atoms with Gasteiger partial charge in [0.1, 0.15) is 23.9 Å². The molecule has 3 rings (SSSR count). The van der Waals surface area contributed by atoms with Gasteiger partial charge in [0.15, 0.2) is 5.84 Å². The summed E-state index contributed by atoms with van der Waals surface area (Å²) >= 11 is 0. The van der Waals surface area contributed by atoms with Crippen LogP contribution in [0.5, 0.6) is 11.5 Å². The minimum Gasteiger partial charge on any atom is -0.494 e. The van der Waals surface area contributed by atoms with Crippen LogP contribution in [-0.4, -0.2) is 18.4 Å². The van der Waals surface area contributed by atoms with Crippen LogP contribution in [0.4, 0.5) is 4.39 Å². The first-order chi connectivity index (χ1) is 14.5. The molecule has 0 unspecified atom stereocenters. The number of carbonyl (C=O) groups excluding carboxylic acids is 1. The van der Waals surface area contributed by atoms with E-state index in [9.17, 15) is 9.18 Å². The highest BCUT2D eigenvalue weighted by Gasteiger charge is 2.09. The molecule has 0 amide bonds. The molecule has 0 saturated heterocycles. The molecule has 0 aliphatic carbocycles. The second-order valence-electron chi connectivity index (χ2n) is 6.26. The van der Waals surface area contributed by atoms with Gasteiger partial charge in [-0.25, -0.2) is 9.18 Å². The average Bonchev–Trinajstić information content (AvgIpc) is 2.77. The summed E-state index contributed by atoms with van der Waals surface area (Å²) in [5.74, 6) is 0.368. The number of hydrogen-bond donors (Lipinski definition) is 1. The summed E-state index contributed by atoms with van der Waals surface area (Å²) in [6, 6.07) is 19.5. The van der Waals surface area contributed by atoms with Crippen molar-refractivity contribution in [3.8, 4) is 11.5 Å². The van der Waals surface area contributed by atoms with E-state index in [1.807, 2.05) is 37.3 Å². The molecule has 0 aromatic heterocycles. The van der Waals surface area contributed by atoms with Gasteiger partial charge in [-0.1, -0.05) is 17.3 Å². The lowest BCUT2D eigenvalue weighted by atomic mass is 10.1. The fraction of sp³-hybridized carbons (Fsp3) is 0.130. The van der Waals surface area contributed by atoms with E-state index in [0.29, 0.717) is 23.5 Å². The van der Waals surface area contributed by atoms with Gasteiger partial charge in [-0.15, -0.1) is 0 Å². The van der Waals surface area contributed by atoms with Crippen LogP contribution in [0.25, 0.3) is 0 Å². The quantitative estimate of drug-likeness (QED) is 0.260. The second-order valence-corrected chi connectivity index (χ2v) is 6.26. The van der Waals surface area contributed by atoms with Gasteiger partial charge in [0.2, 0.25) is 0 Å². The van der Waals surface area contributed by atoms with Gasteiger partial charge in [-0.3, -0.25) is 0 Å². The summed E-state index contributed by atoms with van der Waals surface area (Å²) < 4.78 is 24.1. The van der Waals surface area contributed by atoms with Crippen molar-refractivity contribution in [1.82, 2.24) is 0 Å². The van der Waals surface area contributed by atoms with Crippen molar-refractivity contribution in [2.75, 3.05) is 6.61 Å². The standard InChI is InChI=1S/C23H21FN2O4/c1-2-28-20-10-12-21(13-11-20)29-15-16-4-3-5-18(14-16)23(27)30-26-22(25)17-6-8-19(24)9-7-17/h3-14H,2,15H2,1H3,(H2,25,26). The van der Waals surface area contributed by atoms with Crippen LogP contribution >= 0.6 is 0 Å². The Kier molecular flexibility index (Phi) is 7.00. The number of carbonyl (C=O) groups is 1. The summed E-state index contributed by atoms with van der Waals surface area (Å²) in [7, 11) is 0. The number of oxime groups is 1. The lowest BCUT2D eigenvalue weighted by Gasteiger charge is -2.08. The number of nitrogens with two attached hydrogens (primary N) is 1. The Morgan fingerprint density at radius 2 is 1.60 bits per heavy atom. The normalized spacial score (nSPS) is 11.1. The Labute approximate surface area is 173 Å². The Bertz CT molecular complexity index is 1020. The van der Waals surface area contributed by atoms with Crippen molar-refractivity contribution in [3.05, 3.63) is 95.3 Å². The topological polar surface area (TPSA) is 83.1 Å². The van der Waals surface area contributed by atoms with E-state index in [1.165, 1.54) is 24.3 Å². The van der Waals surface area contributed by atoms with Gasteiger partial charge in [0.05, 0.1) is 12.2 Å². The highest BCUT2D eigenvalue weighted by atomic mass is 19.1. The fourth-order valence-electron chi connectivity index (χ4n) is 2.57. The molecule has 0 aliphatic rings. The SMILES string of the molecule is CCOc1ccc(OCc2cccc(C(=O)O/N=C(\N)c3ccc(F)cc3)c2)cc1.